The molecule has 24 heavy (non-hydrogen) atoms. The first kappa shape index (κ1) is 17.4. The average molecular weight is 327 g/mol. The van der Waals surface area contributed by atoms with Gasteiger partial charge in [0.25, 0.3) is 5.91 Å². The standard InChI is InChI=1S/C19H21NO4/c1-4-13-23-16-11-9-15(10-12-16)20-19(21)14(2)24-18-8-6-5-7-17(18)22-3/h4-12,14H,1,13H2,2-3H3,(H,20,21)/t14-/m1/s1. The third-order valence-corrected chi connectivity index (χ3v) is 3.23. The Morgan fingerprint density at radius 1 is 1.17 bits per heavy atom. The molecule has 0 saturated carbocycles. The molecule has 0 heterocycles. The fraction of sp³-hybridized carbons (Fsp3) is 0.211. The van der Waals surface area contributed by atoms with Crippen molar-refractivity contribution in [3.8, 4) is 17.2 Å². The minimum Gasteiger partial charge on any atom is -0.493 e. The van der Waals surface area contributed by atoms with E-state index < -0.39 is 6.10 Å². The summed E-state index contributed by atoms with van der Waals surface area (Å²) in [7, 11) is 1.56. The Kier molecular flexibility index (Phi) is 6.25. The van der Waals surface area contributed by atoms with E-state index in [4.69, 9.17) is 14.2 Å². The van der Waals surface area contributed by atoms with Gasteiger partial charge in [-0.25, -0.2) is 0 Å². The first-order chi connectivity index (χ1) is 11.6. The minimum atomic E-state index is -0.669. The van der Waals surface area contributed by atoms with Crippen LogP contribution in [0.5, 0.6) is 17.2 Å². The highest BCUT2D eigenvalue weighted by Gasteiger charge is 2.16. The number of methoxy groups -OCH3 is 1. The van der Waals surface area contributed by atoms with Gasteiger partial charge < -0.3 is 19.5 Å². The smallest absolute Gasteiger partial charge is 0.265 e. The van der Waals surface area contributed by atoms with Crippen LogP contribution in [-0.2, 0) is 4.79 Å². The van der Waals surface area contributed by atoms with E-state index in [1.807, 2.05) is 12.1 Å². The van der Waals surface area contributed by atoms with Gasteiger partial charge in [-0.05, 0) is 43.3 Å². The van der Waals surface area contributed by atoms with Crippen molar-refractivity contribution < 1.29 is 19.0 Å². The summed E-state index contributed by atoms with van der Waals surface area (Å²) >= 11 is 0. The molecule has 0 spiro atoms. The van der Waals surface area contributed by atoms with E-state index in [1.165, 1.54) is 0 Å². The van der Waals surface area contributed by atoms with Crippen LogP contribution < -0.4 is 19.5 Å². The van der Waals surface area contributed by atoms with Crippen molar-refractivity contribution in [3.63, 3.8) is 0 Å². The van der Waals surface area contributed by atoms with Gasteiger partial charge in [0.2, 0.25) is 0 Å². The molecule has 2 aromatic rings. The molecule has 0 unspecified atom stereocenters. The zero-order valence-electron chi connectivity index (χ0n) is 13.8. The van der Waals surface area contributed by atoms with Gasteiger partial charge in [0.15, 0.2) is 17.6 Å². The quantitative estimate of drug-likeness (QED) is 0.752. The Labute approximate surface area is 141 Å². The topological polar surface area (TPSA) is 56.8 Å². The summed E-state index contributed by atoms with van der Waals surface area (Å²) in [5.74, 6) is 1.57. The lowest BCUT2D eigenvalue weighted by atomic mass is 10.2. The number of hydrogen-bond donors (Lipinski definition) is 1. The second-order valence-electron chi connectivity index (χ2n) is 5.02. The summed E-state index contributed by atoms with van der Waals surface area (Å²) in [6, 6.07) is 14.3. The molecule has 2 aromatic carbocycles. The van der Waals surface area contributed by atoms with Crippen LogP contribution in [0.15, 0.2) is 61.2 Å². The Morgan fingerprint density at radius 3 is 2.46 bits per heavy atom. The first-order valence-electron chi connectivity index (χ1n) is 7.58. The van der Waals surface area contributed by atoms with Crippen molar-refractivity contribution >= 4 is 11.6 Å². The molecule has 5 nitrogen and oxygen atoms in total. The van der Waals surface area contributed by atoms with Crippen molar-refractivity contribution in [1.82, 2.24) is 0 Å². The molecule has 0 aromatic heterocycles. The average Bonchev–Trinajstić information content (AvgIpc) is 2.61. The Morgan fingerprint density at radius 2 is 1.83 bits per heavy atom. The lowest BCUT2D eigenvalue weighted by Gasteiger charge is -2.16. The number of carbonyl (C=O) groups excluding carboxylic acids is 1. The SMILES string of the molecule is C=CCOc1ccc(NC(=O)[C@@H](C)Oc2ccccc2OC)cc1. The molecular formula is C19H21NO4. The largest absolute Gasteiger partial charge is 0.493 e. The fourth-order valence-corrected chi connectivity index (χ4v) is 1.99. The molecule has 2 rings (SSSR count). The van der Waals surface area contributed by atoms with Crippen LogP contribution in [0.2, 0.25) is 0 Å². The maximum Gasteiger partial charge on any atom is 0.265 e. The van der Waals surface area contributed by atoms with Crippen LogP contribution in [0, 0.1) is 0 Å². The van der Waals surface area contributed by atoms with Gasteiger partial charge in [-0.3, -0.25) is 4.79 Å². The third-order valence-electron chi connectivity index (χ3n) is 3.23. The van der Waals surface area contributed by atoms with E-state index >= 15 is 0 Å². The predicted octanol–water partition coefficient (Wildman–Crippen LogP) is 3.67. The van der Waals surface area contributed by atoms with E-state index in [0.717, 1.165) is 0 Å². The van der Waals surface area contributed by atoms with Crippen molar-refractivity contribution in [2.75, 3.05) is 19.0 Å². The number of para-hydroxylation sites is 2. The highest BCUT2D eigenvalue weighted by atomic mass is 16.5. The normalized spacial score (nSPS) is 11.2. The molecular weight excluding hydrogens is 306 g/mol. The second-order valence-corrected chi connectivity index (χ2v) is 5.02. The number of carbonyl (C=O) groups is 1. The fourth-order valence-electron chi connectivity index (χ4n) is 1.99. The molecule has 0 aliphatic heterocycles. The van der Waals surface area contributed by atoms with E-state index in [9.17, 15) is 4.79 Å². The molecule has 0 fully saturated rings. The van der Waals surface area contributed by atoms with Gasteiger partial charge in [-0.15, -0.1) is 0 Å². The zero-order valence-corrected chi connectivity index (χ0v) is 13.8. The summed E-state index contributed by atoms with van der Waals surface area (Å²) in [4.78, 5) is 12.3. The van der Waals surface area contributed by atoms with Gasteiger partial charge in [0.05, 0.1) is 7.11 Å². The Balaban J connectivity index is 1.94. The molecule has 1 atom stereocenters. The maximum absolute atomic E-state index is 12.3. The van der Waals surface area contributed by atoms with Crippen LogP contribution >= 0.6 is 0 Å². The molecule has 1 amide bonds. The number of ether oxygens (including phenoxy) is 3. The minimum absolute atomic E-state index is 0.249. The zero-order chi connectivity index (χ0) is 17.4. The van der Waals surface area contributed by atoms with Crippen LogP contribution in [0.25, 0.3) is 0 Å². The maximum atomic E-state index is 12.3. The summed E-state index contributed by atoms with van der Waals surface area (Å²) in [6.07, 6.45) is 1.00. The van der Waals surface area contributed by atoms with Crippen LogP contribution in [-0.4, -0.2) is 25.7 Å². The van der Waals surface area contributed by atoms with E-state index in [2.05, 4.69) is 11.9 Å². The second kappa shape index (κ2) is 8.62. The molecule has 0 saturated heterocycles. The first-order valence-corrected chi connectivity index (χ1v) is 7.58. The summed E-state index contributed by atoms with van der Waals surface area (Å²) < 4.78 is 16.3. The van der Waals surface area contributed by atoms with Gasteiger partial charge in [-0.1, -0.05) is 24.8 Å². The Hall–Kier alpha value is -2.95. The number of hydrogen-bond acceptors (Lipinski definition) is 4. The highest BCUT2D eigenvalue weighted by Crippen LogP contribution is 2.27. The van der Waals surface area contributed by atoms with Gasteiger partial charge in [-0.2, -0.15) is 0 Å². The van der Waals surface area contributed by atoms with Gasteiger partial charge in [0, 0.05) is 5.69 Å². The van der Waals surface area contributed by atoms with Crippen molar-refractivity contribution in [1.29, 1.82) is 0 Å². The number of amides is 1. The summed E-state index contributed by atoms with van der Waals surface area (Å²) in [5, 5.41) is 2.80. The van der Waals surface area contributed by atoms with Crippen molar-refractivity contribution in [3.05, 3.63) is 61.2 Å². The van der Waals surface area contributed by atoms with Crippen LogP contribution in [0.4, 0.5) is 5.69 Å². The molecule has 5 heteroatoms. The van der Waals surface area contributed by atoms with E-state index in [-0.39, 0.29) is 5.91 Å². The molecule has 0 aliphatic carbocycles. The number of rotatable bonds is 8. The lowest BCUT2D eigenvalue weighted by molar-refractivity contribution is -0.122. The van der Waals surface area contributed by atoms with Crippen LogP contribution in [0.1, 0.15) is 6.92 Å². The molecule has 0 radical (unpaired) electrons. The van der Waals surface area contributed by atoms with Crippen molar-refractivity contribution in [2.45, 2.75) is 13.0 Å². The van der Waals surface area contributed by atoms with E-state index in [0.29, 0.717) is 29.5 Å². The third kappa shape index (κ3) is 4.78. The van der Waals surface area contributed by atoms with Crippen LogP contribution in [0.3, 0.4) is 0 Å². The molecule has 0 bridgehead atoms. The lowest BCUT2D eigenvalue weighted by Crippen LogP contribution is -2.30. The molecule has 1 N–H and O–H groups in total. The molecule has 0 aliphatic rings. The van der Waals surface area contributed by atoms with Gasteiger partial charge in [0.1, 0.15) is 12.4 Å². The van der Waals surface area contributed by atoms with Gasteiger partial charge >= 0.3 is 0 Å². The predicted molar refractivity (Wildman–Crippen MR) is 93.8 cm³/mol. The number of nitrogens with one attached hydrogen (secondary N) is 1. The summed E-state index contributed by atoms with van der Waals surface area (Å²) in [6.45, 7) is 5.72. The molecule has 126 valence electrons. The van der Waals surface area contributed by atoms with Crippen molar-refractivity contribution in [2.24, 2.45) is 0 Å². The monoisotopic (exact) mass is 327 g/mol. The number of benzene rings is 2. The highest BCUT2D eigenvalue weighted by molar-refractivity contribution is 5.94. The van der Waals surface area contributed by atoms with E-state index in [1.54, 1.807) is 56.5 Å². The number of anilines is 1. The Bertz CT molecular complexity index is 682. The summed E-state index contributed by atoms with van der Waals surface area (Å²) in [5.41, 5.74) is 0.668.